The van der Waals surface area contributed by atoms with Gasteiger partial charge in [-0.3, -0.25) is 4.79 Å². The number of anilines is 1. The summed E-state index contributed by atoms with van der Waals surface area (Å²) in [6.07, 6.45) is 0.666. The molecule has 1 heterocycles. The number of aryl methyl sites for hydroxylation is 1. The van der Waals surface area contributed by atoms with Crippen molar-refractivity contribution in [3.63, 3.8) is 0 Å². The van der Waals surface area contributed by atoms with Crippen molar-refractivity contribution in [1.82, 2.24) is 4.31 Å². The number of sulfonamides is 1. The van der Waals surface area contributed by atoms with E-state index in [9.17, 15) is 22.0 Å². The minimum atomic E-state index is -3.72. The molecule has 2 aromatic rings. The number of piperidine rings is 1. The van der Waals surface area contributed by atoms with Gasteiger partial charge in [0.25, 0.3) is 0 Å². The fourth-order valence-corrected chi connectivity index (χ4v) is 4.54. The highest BCUT2D eigenvalue weighted by Gasteiger charge is 2.32. The Morgan fingerprint density at radius 1 is 1.07 bits per heavy atom. The Morgan fingerprint density at radius 2 is 1.70 bits per heavy atom. The van der Waals surface area contributed by atoms with Gasteiger partial charge in [0.1, 0.15) is 11.6 Å². The molecule has 1 amide bonds. The molecule has 1 saturated heterocycles. The van der Waals surface area contributed by atoms with Gasteiger partial charge in [-0.1, -0.05) is 6.07 Å². The summed E-state index contributed by atoms with van der Waals surface area (Å²) in [7, 11) is -3.72. The first-order chi connectivity index (χ1) is 12.8. The second-order valence-corrected chi connectivity index (χ2v) is 8.54. The molecule has 1 aliphatic rings. The lowest BCUT2D eigenvalue weighted by Gasteiger charge is -2.30. The van der Waals surface area contributed by atoms with Crippen LogP contribution in [0.15, 0.2) is 47.4 Å². The van der Waals surface area contributed by atoms with Crippen molar-refractivity contribution >= 4 is 21.6 Å². The van der Waals surface area contributed by atoms with E-state index in [0.29, 0.717) is 12.8 Å². The molecule has 3 rings (SSSR count). The van der Waals surface area contributed by atoms with Gasteiger partial charge in [-0.25, -0.2) is 17.2 Å². The number of benzene rings is 2. The molecule has 1 fully saturated rings. The number of amides is 1. The van der Waals surface area contributed by atoms with Gasteiger partial charge in [0.2, 0.25) is 15.9 Å². The zero-order valence-electron chi connectivity index (χ0n) is 14.8. The summed E-state index contributed by atoms with van der Waals surface area (Å²) in [6, 6.07) is 9.21. The van der Waals surface area contributed by atoms with E-state index >= 15 is 0 Å². The van der Waals surface area contributed by atoms with Crippen LogP contribution in [0.5, 0.6) is 0 Å². The largest absolute Gasteiger partial charge is 0.323 e. The summed E-state index contributed by atoms with van der Waals surface area (Å²) in [5.74, 6) is -1.73. The van der Waals surface area contributed by atoms with Gasteiger partial charge in [-0.2, -0.15) is 4.31 Å². The third-order valence-corrected chi connectivity index (χ3v) is 6.57. The van der Waals surface area contributed by atoms with Crippen molar-refractivity contribution in [3.05, 3.63) is 59.7 Å². The summed E-state index contributed by atoms with van der Waals surface area (Å²) in [4.78, 5) is 12.4. The van der Waals surface area contributed by atoms with E-state index in [-0.39, 0.29) is 29.6 Å². The van der Waals surface area contributed by atoms with E-state index in [4.69, 9.17) is 0 Å². The maximum Gasteiger partial charge on any atom is 0.243 e. The number of halogens is 2. The van der Waals surface area contributed by atoms with Crippen LogP contribution in [0.1, 0.15) is 18.4 Å². The minimum Gasteiger partial charge on any atom is -0.323 e. The van der Waals surface area contributed by atoms with Crippen molar-refractivity contribution in [1.29, 1.82) is 0 Å². The molecule has 0 bridgehead atoms. The van der Waals surface area contributed by atoms with Crippen LogP contribution in [0, 0.1) is 24.5 Å². The molecule has 1 N–H and O–H groups in total. The zero-order valence-corrected chi connectivity index (χ0v) is 15.6. The molecule has 5 nitrogen and oxygen atoms in total. The van der Waals surface area contributed by atoms with Crippen LogP contribution in [0.3, 0.4) is 0 Å². The van der Waals surface area contributed by atoms with E-state index in [1.165, 1.54) is 28.6 Å². The second-order valence-electron chi connectivity index (χ2n) is 6.60. The van der Waals surface area contributed by atoms with E-state index < -0.39 is 27.6 Å². The number of carbonyl (C=O) groups excluding carboxylic acids is 1. The smallest absolute Gasteiger partial charge is 0.243 e. The first-order valence-electron chi connectivity index (χ1n) is 8.60. The Hall–Kier alpha value is -2.32. The van der Waals surface area contributed by atoms with E-state index in [0.717, 1.165) is 17.7 Å². The molecule has 2 aromatic carbocycles. The molecule has 0 spiro atoms. The topological polar surface area (TPSA) is 66.5 Å². The van der Waals surface area contributed by atoms with Gasteiger partial charge >= 0.3 is 0 Å². The highest BCUT2D eigenvalue weighted by molar-refractivity contribution is 7.89. The lowest BCUT2D eigenvalue weighted by Crippen LogP contribution is -2.41. The SMILES string of the molecule is Cc1ccc(NC(=O)C2CCN(S(=O)(=O)c3ccc(F)cc3)CC2)c(F)c1. The molecule has 0 unspecified atom stereocenters. The molecule has 0 aromatic heterocycles. The zero-order chi connectivity index (χ0) is 19.6. The average molecular weight is 394 g/mol. The third kappa shape index (κ3) is 4.33. The number of hydrogen-bond acceptors (Lipinski definition) is 3. The summed E-state index contributed by atoms with van der Waals surface area (Å²) >= 11 is 0. The van der Waals surface area contributed by atoms with Gasteiger partial charge < -0.3 is 5.32 Å². The van der Waals surface area contributed by atoms with E-state index in [2.05, 4.69) is 5.32 Å². The van der Waals surface area contributed by atoms with Gasteiger partial charge in [0.15, 0.2) is 0 Å². The molecular weight excluding hydrogens is 374 g/mol. The predicted octanol–water partition coefficient (Wildman–Crippen LogP) is 3.31. The Labute approximate surface area is 157 Å². The van der Waals surface area contributed by atoms with Crippen LogP contribution in [-0.4, -0.2) is 31.7 Å². The highest BCUT2D eigenvalue weighted by Crippen LogP contribution is 2.25. The molecular formula is C19H20F2N2O3S. The molecule has 0 saturated carbocycles. The standard InChI is InChI=1S/C19H20F2N2O3S/c1-13-2-7-18(17(21)12-13)22-19(24)14-8-10-23(11-9-14)27(25,26)16-5-3-15(20)4-6-16/h2-7,12,14H,8-11H2,1H3,(H,22,24). The maximum absolute atomic E-state index is 13.9. The Morgan fingerprint density at radius 3 is 2.30 bits per heavy atom. The molecule has 0 aliphatic carbocycles. The normalized spacial score (nSPS) is 16.3. The van der Waals surface area contributed by atoms with Crippen molar-refractivity contribution in [3.8, 4) is 0 Å². The number of carbonyl (C=O) groups is 1. The van der Waals surface area contributed by atoms with Crippen LogP contribution in [-0.2, 0) is 14.8 Å². The maximum atomic E-state index is 13.9. The van der Waals surface area contributed by atoms with Crippen molar-refractivity contribution in [2.45, 2.75) is 24.7 Å². The Bertz CT molecular complexity index is 938. The molecule has 0 atom stereocenters. The van der Waals surface area contributed by atoms with Gasteiger partial charge in [0, 0.05) is 19.0 Å². The number of nitrogens with zero attached hydrogens (tertiary/aromatic N) is 1. The van der Waals surface area contributed by atoms with Crippen LogP contribution in [0.4, 0.5) is 14.5 Å². The summed E-state index contributed by atoms with van der Waals surface area (Å²) < 4.78 is 53.4. The predicted molar refractivity (Wildman–Crippen MR) is 97.6 cm³/mol. The molecule has 0 radical (unpaired) electrons. The van der Waals surface area contributed by atoms with Gasteiger partial charge in [0.05, 0.1) is 10.6 Å². The fraction of sp³-hybridized carbons (Fsp3) is 0.316. The highest BCUT2D eigenvalue weighted by atomic mass is 32.2. The molecule has 144 valence electrons. The molecule has 27 heavy (non-hydrogen) atoms. The lowest BCUT2D eigenvalue weighted by atomic mass is 9.97. The summed E-state index contributed by atoms with van der Waals surface area (Å²) in [5, 5.41) is 2.58. The number of hydrogen-bond donors (Lipinski definition) is 1. The van der Waals surface area contributed by atoms with Crippen molar-refractivity contribution < 1.29 is 22.0 Å². The quantitative estimate of drug-likeness (QED) is 0.865. The van der Waals surface area contributed by atoms with Gasteiger partial charge in [-0.15, -0.1) is 0 Å². The summed E-state index contributed by atoms with van der Waals surface area (Å²) in [5.41, 5.74) is 0.872. The molecule has 8 heteroatoms. The first kappa shape index (κ1) is 19.4. The Kier molecular flexibility index (Phi) is 5.57. The first-order valence-corrected chi connectivity index (χ1v) is 10.0. The fourth-order valence-electron chi connectivity index (χ4n) is 3.07. The van der Waals surface area contributed by atoms with Crippen LogP contribution >= 0.6 is 0 Å². The lowest BCUT2D eigenvalue weighted by molar-refractivity contribution is -0.120. The van der Waals surface area contributed by atoms with Crippen molar-refractivity contribution in [2.24, 2.45) is 5.92 Å². The van der Waals surface area contributed by atoms with Crippen LogP contribution < -0.4 is 5.32 Å². The Balaban J connectivity index is 1.62. The number of rotatable bonds is 4. The average Bonchev–Trinajstić information content (AvgIpc) is 2.64. The van der Waals surface area contributed by atoms with Crippen molar-refractivity contribution in [2.75, 3.05) is 18.4 Å². The van der Waals surface area contributed by atoms with E-state index in [1.54, 1.807) is 13.0 Å². The van der Waals surface area contributed by atoms with Crippen LogP contribution in [0.25, 0.3) is 0 Å². The van der Waals surface area contributed by atoms with E-state index in [1.807, 2.05) is 0 Å². The summed E-state index contributed by atoms with van der Waals surface area (Å²) in [6.45, 7) is 2.11. The minimum absolute atomic E-state index is 0.0218. The second kappa shape index (κ2) is 7.74. The molecule has 1 aliphatic heterocycles. The van der Waals surface area contributed by atoms with Gasteiger partial charge in [-0.05, 0) is 61.7 Å². The number of nitrogens with one attached hydrogen (secondary N) is 1. The third-order valence-electron chi connectivity index (χ3n) is 4.66. The van der Waals surface area contributed by atoms with Crippen LogP contribution in [0.2, 0.25) is 0 Å². The monoisotopic (exact) mass is 394 g/mol.